The van der Waals surface area contributed by atoms with E-state index in [2.05, 4.69) is 33.2 Å². The molecule has 5 nitrogen and oxygen atoms in total. The molecule has 1 amide bonds. The highest BCUT2D eigenvalue weighted by Crippen LogP contribution is 2.29. The monoisotopic (exact) mass is 432 g/mol. The molecule has 0 spiro atoms. The van der Waals surface area contributed by atoms with E-state index < -0.39 is 0 Å². The fraction of sp³-hybridized carbons (Fsp3) is 0.500. The van der Waals surface area contributed by atoms with Gasteiger partial charge in [0, 0.05) is 48.2 Å². The van der Waals surface area contributed by atoms with E-state index in [0.29, 0.717) is 18.8 Å². The van der Waals surface area contributed by atoms with Crippen molar-refractivity contribution in [2.45, 2.75) is 45.2 Å². The number of benzene rings is 1. The fourth-order valence-corrected chi connectivity index (χ4v) is 4.51. The van der Waals surface area contributed by atoms with Crippen LogP contribution in [0.2, 0.25) is 5.02 Å². The van der Waals surface area contributed by atoms with Gasteiger partial charge in [0.25, 0.3) is 0 Å². The molecule has 7 heteroatoms. The van der Waals surface area contributed by atoms with Crippen molar-refractivity contribution in [2.24, 2.45) is 5.92 Å². The minimum absolute atomic E-state index is 0.0927. The first-order valence-electron chi connectivity index (χ1n) is 10.0. The highest BCUT2D eigenvalue weighted by molar-refractivity contribution is 7.98. The van der Waals surface area contributed by atoms with Gasteiger partial charge in [-0.25, -0.2) is 9.97 Å². The Labute approximate surface area is 182 Å². The zero-order valence-electron chi connectivity index (χ0n) is 17.6. The number of amides is 1. The Hall–Kier alpha value is -1.79. The zero-order chi connectivity index (χ0) is 21.0. The lowest BCUT2D eigenvalue weighted by Crippen LogP contribution is -2.31. The lowest BCUT2D eigenvalue weighted by molar-refractivity contribution is -0.121. The molecule has 1 N–H and O–H groups in total. The van der Waals surface area contributed by atoms with E-state index in [1.54, 1.807) is 0 Å². The molecule has 0 bridgehead atoms. The summed E-state index contributed by atoms with van der Waals surface area (Å²) in [4.78, 5) is 23.7. The predicted octanol–water partition coefficient (Wildman–Crippen LogP) is 4.35. The van der Waals surface area contributed by atoms with E-state index in [1.165, 1.54) is 23.0 Å². The lowest BCUT2D eigenvalue weighted by Gasteiger charge is -2.21. The van der Waals surface area contributed by atoms with Gasteiger partial charge >= 0.3 is 0 Å². The maximum Gasteiger partial charge on any atom is 0.220 e. The number of aromatic nitrogens is 2. The summed E-state index contributed by atoms with van der Waals surface area (Å²) in [6.07, 6.45) is 4.19. The molecule has 1 atom stereocenters. The number of aryl methyl sites for hydroxylation is 3. The predicted molar refractivity (Wildman–Crippen MR) is 121 cm³/mol. The number of nitrogens with zero attached hydrogens (tertiary/aromatic N) is 3. The smallest absolute Gasteiger partial charge is 0.220 e. The molecule has 2 aromatic rings. The van der Waals surface area contributed by atoms with Crippen molar-refractivity contribution in [1.82, 2.24) is 15.3 Å². The first-order chi connectivity index (χ1) is 13.9. The Kier molecular flexibility index (Phi) is 7.41. The summed E-state index contributed by atoms with van der Waals surface area (Å²) in [5, 5.41) is 4.67. The Bertz CT molecular complexity index is 866. The molecule has 0 aliphatic carbocycles. The summed E-state index contributed by atoms with van der Waals surface area (Å²) in [5.41, 5.74) is 5.46. The van der Waals surface area contributed by atoms with Crippen LogP contribution in [0.25, 0.3) is 0 Å². The van der Waals surface area contributed by atoms with Crippen LogP contribution in [0.1, 0.15) is 35.4 Å². The number of hydrogen-bond acceptors (Lipinski definition) is 5. The molecule has 1 aromatic heterocycles. The molecule has 1 unspecified atom stereocenters. The van der Waals surface area contributed by atoms with E-state index in [1.807, 2.05) is 32.2 Å². The summed E-state index contributed by atoms with van der Waals surface area (Å²) in [5.74, 6) is 0.556. The molecular weight excluding hydrogens is 404 g/mol. The maximum absolute atomic E-state index is 12.4. The van der Waals surface area contributed by atoms with Crippen LogP contribution >= 0.6 is 23.4 Å². The molecule has 1 aromatic carbocycles. The lowest BCUT2D eigenvalue weighted by atomic mass is 10.1. The van der Waals surface area contributed by atoms with Crippen LogP contribution in [-0.4, -0.2) is 41.8 Å². The third kappa shape index (κ3) is 5.64. The number of carbonyl (C=O) groups excluding carboxylic acids is 1. The first-order valence-corrected chi connectivity index (χ1v) is 11.6. The molecule has 0 radical (unpaired) electrons. The number of anilines is 1. The van der Waals surface area contributed by atoms with E-state index in [-0.39, 0.29) is 5.91 Å². The first kappa shape index (κ1) is 21.9. The van der Waals surface area contributed by atoms with Crippen LogP contribution < -0.4 is 10.2 Å². The van der Waals surface area contributed by atoms with Gasteiger partial charge in [-0.15, -0.1) is 0 Å². The van der Waals surface area contributed by atoms with Gasteiger partial charge in [0.2, 0.25) is 5.91 Å². The van der Waals surface area contributed by atoms with Gasteiger partial charge in [0.15, 0.2) is 5.16 Å². The summed E-state index contributed by atoms with van der Waals surface area (Å²) < 4.78 is 0. The second-order valence-electron chi connectivity index (χ2n) is 7.70. The largest absolute Gasteiger partial charge is 0.371 e. The molecule has 2 heterocycles. The van der Waals surface area contributed by atoms with E-state index in [4.69, 9.17) is 11.6 Å². The van der Waals surface area contributed by atoms with Crippen molar-refractivity contribution < 1.29 is 4.79 Å². The molecule has 3 rings (SSSR count). The summed E-state index contributed by atoms with van der Waals surface area (Å²) in [6, 6.07) is 6.02. The number of carbonyl (C=O) groups is 1. The normalized spacial score (nSPS) is 16.3. The van der Waals surface area contributed by atoms with Crippen LogP contribution in [0.15, 0.2) is 23.4 Å². The SMILES string of the molecule is CSc1nc(C)c(CCC(=O)NCC2CCN(c3cc(Cl)ccc3C)C2)c(C)n1. The Balaban J connectivity index is 1.48. The van der Waals surface area contributed by atoms with Gasteiger partial charge in [-0.1, -0.05) is 29.4 Å². The third-order valence-electron chi connectivity index (χ3n) is 5.57. The summed E-state index contributed by atoms with van der Waals surface area (Å²) in [6.45, 7) is 8.76. The van der Waals surface area contributed by atoms with Crippen molar-refractivity contribution in [3.05, 3.63) is 45.7 Å². The van der Waals surface area contributed by atoms with E-state index in [0.717, 1.165) is 53.2 Å². The number of nitrogens with one attached hydrogen (secondary N) is 1. The van der Waals surface area contributed by atoms with Crippen molar-refractivity contribution in [3.8, 4) is 0 Å². The van der Waals surface area contributed by atoms with Gasteiger partial charge in [-0.05, 0) is 69.0 Å². The van der Waals surface area contributed by atoms with Gasteiger partial charge in [-0.3, -0.25) is 4.79 Å². The molecule has 0 saturated carbocycles. The summed E-state index contributed by atoms with van der Waals surface area (Å²) >= 11 is 7.70. The van der Waals surface area contributed by atoms with Crippen molar-refractivity contribution in [3.63, 3.8) is 0 Å². The van der Waals surface area contributed by atoms with E-state index >= 15 is 0 Å². The van der Waals surface area contributed by atoms with Crippen LogP contribution in [0.3, 0.4) is 0 Å². The average molecular weight is 433 g/mol. The third-order valence-corrected chi connectivity index (χ3v) is 6.35. The second kappa shape index (κ2) is 9.81. The van der Waals surface area contributed by atoms with Crippen molar-refractivity contribution >= 4 is 35.0 Å². The maximum atomic E-state index is 12.4. The minimum Gasteiger partial charge on any atom is -0.371 e. The average Bonchev–Trinajstić information content (AvgIpc) is 3.16. The highest BCUT2D eigenvalue weighted by Gasteiger charge is 2.24. The highest BCUT2D eigenvalue weighted by atomic mass is 35.5. The van der Waals surface area contributed by atoms with Crippen LogP contribution in [0.5, 0.6) is 0 Å². The van der Waals surface area contributed by atoms with Crippen LogP contribution in [0.4, 0.5) is 5.69 Å². The minimum atomic E-state index is 0.0927. The number of rotatable bonds is 7. The molecule has 156 valence electrons. The molecular formula is C22H29ClN4OS. The van der Waals surface area contributed by atoms with Crippen molar-refractivity contribution in [1.29, 1.82) is 0 Å². The van der Waals surface area contributed by atoms with Crippen LogP contribution in [-0.2, 0) is 11.2 Å². The molecule has 1 fully saturated rings. The number of thioether (sulfide) groups is 1. The fourth-order valence-electron chi connectivity index (χ4n) is 3.89. The standard InChI is InChI=1S/C22H29ClN4OS/c1-14-5-6-18(23)11-20(14)27-10-9-17(13-27)12-24-21(28)8-7-19-15(2)25-22(29-4)26-16(19)3/h5-6,11,17H,7-10,12-13H2,1-4H3,(H,24,28). The Morgan fingerprint density at radius 2 is 2.00 bits per heavy atom. The number of hydrogen-bond donors (Lipinski definition) is 1. The van der Waals surface area contributed by atoms with Crippen LogP contribution in [0, 0.1) is 26.7 Å². The van der Waals surface area contributed by atoms with Gasteiger partial charge < -0.3 is 10.2 Å². The molecule has 29 heavy (non-hydrogen) atoms. The quantitative estimate of drug-likeness (QED) is 0.520. The molecule has 1 aliphatic rings. The molecule has 1 aliphatic heterocycles. The summed E-state index contributed by atoms with van der Waals surface area (Å²) in [7, 11) is 0. The van der Waals surface area contributed by atoms with Gasteiger partial charge in [-0.2, -0.15) is 0 Å². The Morgan fingerprint density at radius 1 is 1.28 bits per heavy atom. The van der Waals surface area contributed by atoms with Crippen molar-refractivity contribution in [2.75, 3.05) is 30.8 Å². The topological polar surface area (TPSA) is 58.1 Å². The van der Waals surface area contributed by atoms with E-state index in [9.17, 15) is 4.79 Å². The van der Waals surface area contributed by atoms with Gasteiger partial charge in [0.05, 0.1) is 0 Å². The Morgan fingerprint density at radius 3 is 2.69 bits per heavy atom. The second-order valence-corrected chi connectivity index (χ2v) is 8.91. The molecule has 1 saturated heterocycles. The zero-order valence-corrected chi connectivity index (χ0v) is 19.2. The van der Waals surface area contributed by atoms with Gasteiger partial charge in [0.1, 0.15) is 0 Å². The number of halogens is 1.